The van der Waals surface area contributed by atoms with Crippen molar-refractivity contribution in [3.05, 3.63) is 41.5 Å². The molecule has 0 spiro atoms. The molecule has 2 atom stereocenters. The lowest BCUT2D eigenvalue weighted by Crippen LogP contribution is -2.56. The predicted octanol–water partition coefficient (Wildman–Crippen LogP) is 4.48. The first-order valence-corrected chi connectivity index (χ1v) is 11.2. The Morgan fingerprint density at radius 2 is 1.69 bits per heavy atom. The van der Waals surface area contributed by atoms with E-state index in [4.69, 9.17) is 4.74 Å². The zero-order chi connectivity index (χ0) is 23.9. The molecular weight excluding hydrogens is 406 g/mol. The molecule has 1 aromatic carbocycles. The summed E-state index contributed by atoms with van der Waals surface area (Å²) in [5.74, 6) is -1.33. The van der Waals surface area contributed by atoms with Gasteiger partial charge in [0.25, 0.3) is 0 Å². The number of methoxy groups -OCH3 is 1. The van der Waals surface area contributed by atoms with Gasteiger partial charge < -0.3 is 14.4 Å². The van der Waals surface area contributed by atoms with E-state index in [1.54, 1.807) is 4.90 Å². The van der Waals surface area contributed by atoms with Crippen LogP contribution in [0.15, 0.2) is 30.3 Å². The molecule has 1 saturated heterocycles. The Hall–Kier alpha value is -2.63. The fourth-order valence-electron chi connectivity index (χ4n) is 5.49. The second kappa shape index (κ2) is 8.38. The number of hydrogen-bond donors (Lipinski definition) is 0. The number of carbonyl (C=O) groups is 3. The van der Waals surface area contributed by atoms with Crippen molar-refractivity contribution >= 4 is 23.4 Å². The van der Waals surface area contributed by atoms with E-state index in [0.717, 1.165) is 18.4 Å². The number of benzene rings is 1. The quantitative estimate of drug-likeness (QED) is 0.500. The van der Waals surface area contributed by atoms with E-state index in [-0.39, 0.29) is 16.8 Å². The third-order valence-corrected chi connectivity index (χ3v) is 6.90. The van der Waals surface area contributed by atoms with Crippen LogP contribution in [-0.2, 0) is 19.1 Å². The Kier molecular flexibility index (Phi) is 6.29. The number of rotatable bonds is 2. The van der Waals surface area contributed by atoms with Crippen LogP contribution in [0.3, 0.4) is 0 Å². The summed E-state index contributed by atoms with van der Waals surface area (Å²) in [6.07, 6.45) is 3.89. The lowest BCUT2D eigenvalue weighted by Gasteiger charge is -2.55. The first kappa shape index (κ1) is 24.0. The lowest BCUT2D eigenvalue weighted by molar-refractivity contribution is -0.161. The number of ether oxygens (including phenoxy) is 2. The van der Waals surface area contributed by atoms with E-state index in [0.29, 0.717) is 24.6 Å². The van der Waals surface area contributed by atoms with E-state index < -0.39 is 17.5 Å². The van der Waals surface area contributed by atoms with Crippen molar-refractivity contribution in [1.29, 1.82) is 0 Å². The van der Waals surface area contributed by atoms with Gasteiger partial charge in [-0.05, 0) is 73.6 Å². The van der Waals surface area contributed by atoms with Crippen molar-refractivity contribution in [1.82, 2.24) is 4.90 Å². The summed E-state index contributed by atoms with van der Waals surface area (Å²) in [6, 6.07) is 7.63. The van der Waals surface area contributed by atoms with Crippen LogP contribution in [0, 0.1) is 16.7 Å². The number of likely N-dealkylation sites (tertiary alicyclic amines) is 1. The van der Waals surface area contributed by atoms with Crippen LogP contribution in [0.5, 0.6) is 0 Å². The highest BCUT2D eigenvalue weighted by atomic mass is 16.6. The fraction of sp³-hybridized carbons (Fsp3) is 0.577. The molecule has 2 aliphatic rings. The smallest absolute Gasteiger partial charge is 0.396 e. The highest BCUT2D eigenvalue weighted by Gasteiger charge is 2.51. The third kappa shape index (κ3) is 4.59. The topological polar surface area (TPSA) is 72.9 Å². The molecule has 3 rings (SSSR count). The molecule has 1 aliphatic heterocycles. The number of nitrogens with zero attached hydrogens (tertiary/aromatic N) is 1. The molecular formula is C26H35NO5. The van der Waals surface area contributed by atoms with Crippen LogP contribution >= 0.6 is 0 Å². The summed E-state index contributed by atoms with van der Waals surface area (Å²) in [5.41, 5.74) is 2.11. The van der Waals surface area contributed by atoms with Gasteiger partial charge in [0, 0.05) is 13.1 Å². The fourth-order valence-corrected chi connectivity index (χ4v) is 5.49. The van der Waals surface area contributed by atoms with Crippen molar-refractivity contribution in [3.63, 3.8) is 0 Å². The normalized spacial score (nSPS) is 24.8. The monoisotopic (exact) mass is 441 g/mol. The van der Waals surface area contributed by atoms with Crippen LogP contribution in [0.4, 0.5) is 0 Å². The molecule has 1 aromatic rings. The molecule has 1 fully saturated rings. The minimum atomic E-state index is -0.802. The maximum atomic E-state index is 12.4. The third-order valence-electron chi connectivity index (χ3n) is 6.90. The van der Waals surface area contributed by atoms with Gasteiger partial charge in [0.05, 0.1) is 12.7 Å². The Morgan fingerprint density at radius 3 is 2.25 bits per heavy atom. The molecule has 0 saturated carbocycles. The molecule has 0 bridgehead atoms. The largest absolute Gasteiger partial charge is 0.462 e. The first-order valence-electron chi connectivity index (χ1n) is 11.2. The molecule has 0 unspecified atom stereocenters. The Labute approximate surface area is 191 Å². The lowest BCUT2D eigenvalue weighted by atomic mass is 9.53. The van der Waals surface area contributed by atoms with Crippen molar-refractivity contribution in [2.24, 2.45) is 16.7 Å². The first-order chi connectivity index (χ1) is 14.8. The Balaban J connectivity index is 1.83. The summed E-state index contributed by atoms with van der Waals surface area (Å²) < 4.78 is 10.1. The Bertz CT molecular complexity index is 938. The summed E-state index contributed by atoms with van der Waals surface area (Å²) in [5, 5.41) is 0. The predicted molar refractivity (Wildman–Crippen MR) is 123 cm³/mol. The average molecular weight is 442 g/mol. The van der Waals surface area contributed by atoms with Gasteiger partial charge in [-0.3, -0.25) is 4.79 Å². The summed E-state index contributed by atoms with van der Waals surface area (Å²) in [4.78, 5) is 38.1. The van der Waals surface area contributed by atoms with E-state index in [2.05, 4.69) is 31.6 Å². The van der Waals surface area contributed by atoms with Gasteiger partial charge in [0.1, 0.15) is 5.60 Å². The summed E-state index contributed by atoms with van der Waals surface area (Å²) >= 11 is 0. The SMILES string of the molecule is COC(=O)C(=O)N1CC[C@H]2C(C)(C)C(c3ccc(C(=O)OC(C)(C)C)cc3)=CC[C@]2(C)C1. The molecule has 6 heteroatoms. The molecule has 0 radical (unpaired) electrons. The second-order valence-electron chi connectivity index (χ2n) is 10.8. The highest BCUT2D eigenvalue weighted by molar-refractivity contribution is 6.32. The van der Waals surface area contributed by atoms with Gasteiger partial charge in [0.15, 0.2) is 0 Å². The van der Waals surface area contributed by atoms with E-state index in [1.165, 1.54) is 12.7 Å². The van der Waals surface area contributed by atoms with Gasteiger partial charge in [0.2, 0.25) is 0 Å². The van der Waals surface area contributed by atoms with Crippen molar-refractivity contribution in [2.45, 2.75) is 60.0 Å². The van der Waals surface area contributed by atoms with E-state index >= 15 is 0 Å². The standard InChI is InChI=1S/C26H35NO5/c1-24(2,3)32-22(29)18-10-8-17(9-11-18)19-12-14-26(6)16-27(21(28)23(30)31-7)15-13-20(26)25(19,4)5/h8-12,20H,13-16H2,1-7H3/t20-,26+/m0/s1. The number of carbonyl (C=O) groups excluding carboxylic acids is 3. The zero-order valence-electron chi connectivity index (χ0n) is 20.3. The Morgan fingerprint density at radius 1 is 1.06 bits per heavy atom. The van der Waals surface area contributed by atoms with Crippen molar-refractivity contribution < 1.29 is 23.9 Å². The summed E-state index contributed by atoms with van der Waals surface area (Å²) in [7, 11) is 1.24. The average Bonchev–Trinajstić information content (AvgIpc) is 2.70. The van der Waals surface area contributed by atoms with Gasteiger partial charge >= 0.3 is 17.8 Å². The van der Waals surface area contributed by atoms with Crippen LogP contribution in [-0.4, -0.2) is 48.5 Å². The number of hydrogen-bond acceptors (Lipinski definition) is 5. The molecule has 0 aromatic heterocycles. The molecule has 32 heavy (non-hydrogen) atoms. The van der Waals surface area contributed by atoms with Crippen LogP contribution < -0.4 is 0 Å². The van der Waals surface area contributed by atoms with Crippen LogP contribution in [0.2, 0.25) is 0 Å². The number of allylic oxidation sites excluding steroid dienone is 2. The number of amides is 1. The number of piperidine rings is 1. The van der Waals surface area contributed by atoms with E-state index in [9.17, 15) is 14.4 Å². The maximum absolute atomic E-state index is 12.4. The number of fused-ring (bicyclic) bond motifs is 1. The summed E-state index contributed by atoms with van der Waals surface area (Å²) in [6.45, 7) is 13.4. The molecule has 1 heterocycles. The maximum Gasteiger partial charge on any atom is 0.396 e. The van der Waals surface area contributed by atoms with Crippen LogP contribution in [0.25, 0.3) is 5.57 Å². The zero-order valence-corrected chi connectivity index (χ0v) is 20.3. The molecule has 1 aliphatic carbocycles. The minimum Gasteiger partial charge on any atom is -0.462 e. The van der Waals surface area contributed by atoms with Gasteiger partial charge in [-0.2, -0.15) is 0 Å². The molecule has 174 valence electrons. The molecule has 6 nitrogen and oxygen atoms in total. The minimum absolute atomic E-state index is 0.120. The van der Waals surface area contributed by atoms with E-state index in [1.807, 2.05) is 45.0 Å². The van der Waals surface area contributed by atoms with Crippen molar-refractivity contribution in [2.75, 3.05) is 20.2 Å². The highest BCUT2D eigenvalue weighted by Crippen LogP contribution is 2.57. The molecule has 0 N–H and O–H groups in total. The second-order valence-corrected chi connectivity index (χ2v) is 10.8. The van der Waals surface area contributed by atoms with Gasteiger partial charge in [-0.1, -0.05) is 39.0 Å². The van der Waals surface area contributed by atoms with Gasteiger partial charge in [-0.25, -0.2) is 9.59 Å². The number of esters is 2. The van der Waals surface area contributed by atoms with Crippen LogP contribution in [0.1, 0.15) is 70.3 Å². The van der Waals surface area contributed by atoms with Gasteiger partial charge in [-0.15, -0.1) is 0 Å². The molecule has 1 amide bonds. The van der Waals surface area contributed by atoms with Crippen molar-refractivity contribution in [3.8, 4) is 0 Å².